The van der Waals surface area contributed by atoms with Crippen LogP contribution in [0.2, 0.25) is 0 Å². The van der Waals surface area contributed by atoms with Gasteiger partial charge in [0, 0.05) is 0 Å². The van der Waals surface area contributed by atoms with Crippen LogP contribution in [0.15, 0.2) is 0 Å². The quantitative estimate of drug-likeness (QED) is 0.449. The van der Waals surface area contributed by atoms with Gasteiger partial charge < -0.3 is 4.74 Å². The van der Waals surface area contributed by atoms with Gasteiger partial charge in [0.1, 0.15) is 12.0 Å². The highest BCUT2D eigenvalue weighted by molar-refractivity contribution is 6.05. The molecule has 82 valence electrons. The van der Waals surface area contributed by atoms with Crippen molar-refractivity contribution in [2.24, 2.45) is 16.7 Å². The fraction of sp³-hybridized carbons (Fsp3) is 0.833. The Bertz CT molecular complexity index is 362. The van der Waals surface area contributed by atoms with Crippen LogP contribution >= 0.6 is 0 Å². The predicted molar refractivity (Wildman–Crippen MR) is 53.1 cm³/mol. The van der Waals surface area contributed by atoms with E-state index in [1.165, 1.54) is 0 Å². The average Bonchev–Trinajstić information content (AvgIpc) is 2.47. The molecule has 0 aromatic carbocycles. The fourth-order valence-corrected chi connectivity index (χ4v) is 3.81. The summed E-state index contributed by atoms with van der Waals surface area (Å²) in [5.74, 6) is -0.584. The van der Waals surface area contributed by atoms with Crippen molar-refractivity contribution >= 4 is 11.8 Å². The van der Waals surface area contributed by atoms with Gasteiger partial charge in [0.15, 0.2) is 5.78 Å². The lowest BCUT2D eigenvalue weighted by molar-refractivity contribution is -0.189. The maximum atomic E-state index is 12.3. The van der Waals surface area contributed by atoms with Crippen LogP contribution in [0.25, 0.3) is 0 Å². The fourth-order valence-electron chi connectivity index (χ4n) is 3.81. The predicted octanol–water partition coefficient (Wildman–Crippen LogP) is 1.70. The first kappa shape index (κ1) is 9.37. The Morgan fingerprint density at radius 1 is 1.20 bits per heavy atom. The molecule has 3 nitrogen and oxygen atoms in total. The third-order valence-electron chi connectivity index (χ3n) is 5.21. The molecule has 3 rings (SSSR count). The Kier molecular flexibility index (Phi) is 1.53. The third-order valence-corrected chi connectivity index (χ3v) is 5.21. The van der Waals surface area contributed by atoms with Crippen LogP contribution < -0.4 is 0 Å². The first-order valence-electron chi connectivity index (χ1n) is 5.74. The highest BCUT2D eigenvalue weighted by atomic mass is 16.5. The van der Waals surface area contributed by atoms with Gasteiger partial charge in [0.2, 0.25) is 0 Å². The molecule has 3 heteroatoms. The summed E-state index contributed by atoms with van der Waals surface area (Å²) in [6.45, 7) is 4.19. The highest BCUT2D eigenvalue weighted by Gasteiger charge is 2.67. The van der Waals surface area contributed by atoms with Gasteiger partial charge >= 0.3 is 5.97 Å². The molecular formula is C12H16O3. The number of Topliss-reactive ketones (excluding diaryl/α,β-unsaturated/α-hetero) is 1. The van der Waals surface area contributed by atoms with E-state index in [-0.39, 0.29) is 23.3 Å². The second kappa shape index (κ2) is 2.45. The number of carbonyl (C=O) groups excluding carboxylic acids is 2. The lowest BCUT2D eigenvalue weighted by Gasteiger charge is -2.50. The molecule has 15 heavy (non-hydrogen) atoms. The molecule has 1 saturated heterocycles. The molecule has 1 unspecified atom stereocenters. The monoisotopic (exact) mass is 208 g/mol. The van der Waals surface area contributed by atoms with Crippen molar-refractivity contribution in [2.45, 2.75) is 45.6 Å². The highest BCUT2D eigenvalue weighted by Crippen LogP contribution is 2.62. The van der Waals surface area contributed by atoms with Crippen molar-refractivity contribution in [1.29, 1.82) is 0 Å². The number of fused-ring (bicyclic) bond motifs is 1. The van der Waals surface area contributed by atoms with Gasteiger partial charge in [-0.25, -0.2) is 0 Å². The minimum absolute atomic E-state index is 0.0615. The number of hydrogen-bond donors (Lipinski definition) is 0. The Morgan fingerprint density at radius 2 is 1.87 bits per heavy atom. The lowest BCUT2D eigenvalue weighted by Crippen LogP contribution is -2.59. The molecule has 0 aromatic heterocycles. The number of ether oxygens (including phenoxy) is 1. The van der Waals surface area contributed by atoms with E-state index in [0.717, 1.165) is 19.3 Å². The lowest BCUT2D eigenvalue weighted by atomic mass is 9.55. The summed E-state index contributed by atoms with van der Waals surface area (Å²) in [5.41, 5.74) is -0.338. The zero-order valence-corrected chi connectivity index (χ0v) is 9.21. The van der Waals surface area contributed by atoms with E-state index in [0.29, 0.717) is 6.42 Å². The van der Waals surface area contributed by atoms with Crippen molar-refractivity contribution < 1.29 is 14.3 Å². The van der Waals surface area contributed by atoms with Gasteiger partial charge in [0.05, 0.1) is 5.41 Å². The van der Waals surface area contributed by atoms with Crippen LogP contribution in [-0.2, 0) is 14.3 Å². The van der Waals surface area contributed by atoms with Gasteiger partial charge in [-0.3, -0.25) is 9.59 Å². The van der Waals surface area contributed by atoms with Gasteiger partial charge in [-0.05, 0) is 38.0 Å². The minimum atomic E-state index is -0.461. The molecule has 3 aliphatic rings. The number of esters is 1. The van der Waals surface area contributed by atoms with Crippen molar-refractivity contribution in [2.75, 3.05) is 0 Å². The van der Waals surface area contributed by atoms with Crippen LogP contribution in [-0.4, -0.2) is 17.9 Å². The molecule has 0 radical (unpaired) electrons. The average molecular weight is 208 g/mol. The minimum Gasteiger partial charge on any atom is -0.461 e. The first-order valence-corrected chi connectivity index (χ1v) is 5.74. The number of rotatable bonds is 0. The second-order valence-electron chi connectivity index (χ2n) is 5.68. The number of carbonyl (C=O) groups is 2. The summed E-state index contributed by atoms with van der Waals surface area (Å²) in [6, 6.07) is 0. The van der Waals surface area contributed by atoms with E-state index in [4.69, 9.17) is 4.74 Å². The number of hydrogen-bond acceptors (Lipinski definition) is 3. The summed E-state index contributed by atoms with van der Waals surface area (Å²) >= 11 is 0. The van der Waals surface area contributed by atoms with Crippen molar-refractivity contribution in [3.8, 4) is 0 Å². The van der Waals surface area contributed by atoms with Crippen LogP contribution in [0.3, 0.4) is 0 Å². The molecule has 0 N–H and O–H groups in total. The van der Waals surface area contributed by atoms with E-state index in [1.54, 1.807) is 0 Å². The first-order chi connectivity index (χ1) is 6.99. The Labute approximate surface area is 89.2 Å². The third kappa shape index (κ3) is 0.837. The van der Waals surface area contributed by atoms with Crippen molar-refractivity contribution in [3.05, 3.63) is 0 Å². The normalized spacial score (nSPS) is 52.9. The molecule has 3 fully saturated rings. The molecule has 1 aliphatic heterocycles. The van der Waals surface area contributed by atoms with Crippen molar-refractivity contribution in [1.82, 2.24) is 0 Å². The Balaban J connectivity index is 2.15. The molecule has 2 aliphatic carbocycles. The molecule has 2 saturated carbocycles. The molecular weight excluding hydrogens is 192 g/mol. The van der Waals surface area contributed by atoms with Gasteiger partial charge in [-0.1, -0.05) is 6.92 Å². The second-order valence-corrected chi connectivity index (χ2v) is 5.68. The van der Waals surface area contributed by atoms with E-state index in [9.17, 15) is 9.59 Å². The van der Waals surface area contributed by atoms with Gasteiger partial charge in [0.25, 0.3) is 0 Å². The summed E-state index contributed by atoms with van der Waals surface area (Å²) in [5, 5.41) is 0. The molecule has 1 heterocycles. The van der Waals surface area contributed by atoms with Crippen LogP contribution in [0, 0.1) is 16.7 Å². The Hall–Kier alpha value is -0.860. The molecule has 0 amide bonds. The maximum Gasteiger partial charge on any atom is 0.316 e. The smallest absolute Gasteiger partial charge is 0.316 e. The Morgan fingerprint density at radius 3 is 2.60 bits per heavy atom. The molecule has 2 bridgehead atoms. The van der Waals surface area contributed by atoms with Crippen LogP contribution in [0.1, 0.15) is 39.5 Å². The SMILES string of the molecule is CC12C(=O)[C@H]3CC[C@]1(C)CC[C@@H]2OC3=O. The van der Waals surface area contributed by atoms with Gasteiger partial charge in [-0.15, -0.1) is 0 Å². The van der Waals surface area contributed by atoms with E-state index < -0.39 is 11.3 Å². The summed E-state index contributed by atoms with van der Waals surface area (Å²) in [4.78, 5) is 23.9. The topological polar surface area (TPSA) is 43.4 Å². The van der Waals surface area contributed by atoms with Crippen LogP contribution in [0.4, 0.5) is 0 Å². The zero-order valence-electron chi connectivity index (χ0n) is 9.21. The van der Waals surface area contributed by atoms with Gasteiger partial charge in [-0.2, -0.15) is 0 Å². The number of ketones is 1. The van der Waals surface area contributed by atoms with Crippen LogP contribution in [0.5, 0.6) is 0 Å². The van der Waals surface area contributed by atoms with E-state index >= 15 is 0 Å². The summed E-state index contributed by atoms with van der Waals surface area (Å²) < 4.78 is 5.42. The van der Waals surface area contributed by atoms with E-state index in [2.05, 4.69) is 6.92 Å². The van der Waals surface area contributed by atoms with Crippen molar-refractivity contribution in [3.63, 3.8) is 0 Å². The molecule has 0 spiro atoms. The maximum absolute atomic E-state index is 12.3. The largest absolute Gasteiger partial charge is 0.461 e. The molecule has 0 aromatic rings. The molecule has 4 atom stereocenters. The van der Waals surface area contributed by atoms with E-state index in [1.807, 2.05) is 6.92 Å². The summed E-state index contributed by atoms with van der Waals surface area (Å²) in [7, 11) is 0. The standard InChI is InChI=1S/C12H16O3/c1-11-5-3-7-9(13)12(11,2)8(4-6-11)15-10(7)14/h7-8H,3-6H2,1-2H3/t7-,8+,11-,12?/m1/s1. The summed E-state index contributed by atoms with van der Waals surface area (Å²) in [6.07, 6.45) is 3.40. The zero-order chi connectivity index (χ0) is 10.8.